The Kier molecular flexibility index (Phi) is 4.48. The van der Waals surface area contributed by atoms with Gasteiger partial charge in [-0.05, 0) is 31.4 Å². The summed E-state index contributed by atoms with van der Waals surface area (Å²) >= 11 is 0. The smallest absolute Gasteiger partial charge is 0.255 e. The number of pyridine rings is 1. The minimum absolute atomic E-state index is 0.0236. The highest BCUT2D eigenvalue weighted by molar-refractivity contribution is 5.95. The van der Waals surface area contributed by atoms with E-state index in [9.17, 15) is 4.79 Å². The number of amides is 1. The van der Waals surface area contributed by atoms with Crippen LogP contribution in [0.2, 0.25) is 0 Å². The van der Waals surface area contributed by atoms with Gasteiger partial charge >= 0.3 is 0 Å². The Hall–Kier alpha value is -3.02. The molecule has 132 valence electrons. The van der Waals surface area contributed by atoms with Crippen LogP contribution >= 0.6 is 0 Å². The van der Waals surface area contributed by atoms with Crippen molar-refractivity contribution in [2.45, 2.75) is 25.7 Å². The van der Waals surface area contributed by atoms with E-state index in [0.717, 1.165) is 24.0 Å². The normalized spacial score (nSPS) is 15.2. The maximum Gasteiger partial charge on any atom is 0.255 e. The minimum Gasteiger partial charge on any atom is -0.339 e. The molecular weight excluding hydrogens is 328 g/mol. The number of nitrogens with zero attached hydrogens (tertiary/aromatic N) is 4. The van der Waals surface area contributed by atoms with Crippen molar-refractivity contribution >= 4 is 5.91 Å². The van der Waals surface area contributed by atoms with Crippen LogP contribution in [0.5, 0.6) is 0 Å². The van der Waals surface area contributed by atoms with Crippen molar-refractivity contribution in [1.82, 2.24) is 20.0 Å². The van der Waals surface area contributed by atoms with Gasteiger partial charge in [0.1, 0.15) is 0 Å². The van der Waals surface area contributed by atoms with Crippen molar-refractivity contribution in [2.75, 3.05) is 13.1 Å². The average Bonchev–Trinajstić information content (AvgIpc) is 3.15. The molecule has 1 aromatic carbocycles. The lowest BCUT2D eigenvalue weighted by atomic mass is 9.96. The monoisotopic (exact) mass is 348 g/mol. The first-order chi connectivity index (χ1) is 12.7. The molecule has 0 atom stereocenters. The molecule has 0 spiro atoms. The Balaban J connectivity index is 1.45. The molecule has 3 aromatic rings. The van der Waals surface area contributed by atoms with E-state index in [2.05, 4.69) is 15.1 Å². The van der Waals surface area contributed by atoms with Gasteiger partial charge in [0, 0.05) is 37.0 Å². The number of hydrogen-bond donors (Lipinski definition) is 0. The summed E-state index contributed by atoms with van der Waals surface area (Å²) in [5, 5.41) is 3.86. The van der Waals surface area contributed by atoms with Gasteiger partial charge < -0.3 is 9.42 Å². The zero-order chi connectivity index (χ0) is 17.9. The molecule has 4 rings (SSSR count). The molecule has 0 aliphatic carbocycles. The van der Waals surface area contributed by atoms with Crippen LogP contribution in [0.25, 0.3) is 11.1 Å². The minimum atomic E-state index is 0.0236. The van der Waals surface area contributed by atoms with Crippen LogP contribution in [0.15, 0.2) is 53.3 Å². The third-order valence-electron chi connectivity index (χ3n) is 4.77. The van der Waals surface area contributed by atoms with Gasteiger partial charge in [-0.25, -0.2) is 0 Å². The molecule has 0 radical (unpaired) electrons. The summed E-state index contributed by atoms with van der Waals surface area (Å²) in [5.74, 6) is 1.59. The zero-order valence-corrected chi connectivity index (χ0v) is 14.6. The van der Waals surface area contributed by atoms with Crippen LogP contribution in [0.4, 0.5) is 0 Å². The first-order valence-electron chi connectivity index (χ1n) is 8.80. The number of piperidine rings is 1. The van der Waals surface area contributed by atoms with Gasteiger partial charge in [0.25, 0.3) is 5.91 Å². The van der Waals surface area contributed by atoms with Gasteiger partial charge in [-0.15, -0.1) is 0 Å². The highest BCUT2D eigenvalue weighted by Crippen LogP contribution is 2.28. The van der Waals surface area contributed by atoms with E-state index in [4.69, 9.17) is 4.52 Å². The van der Waals surface area contributed by atoms with Crippen molar-refractivity contribution in [3.8, 4) is 11.1 Å². The lowest BCUT2D eigenvalue weighted by Crippen LogP contribution is -2.38. The van der Waals surface area contributed by atoms with Gasteiger partial charge in [0.05, 0.1) is 5.56 Å². The number of rotatable bonds is 3. The maximum atomic E-state index is 12.9. The van der Waals surface area contributed by atoms with Crippen molar-refractivity contribution in [3.05, 3.63) is 66.1 Å². The van der Waals surface area contributed by atoms with E-state index in [1.54, 1.807) is 12.4 Å². The van der Waals surface area contributed by atoms with Gasteiger partial charge in [0.15, 0.2) is 5.82 Å². The number of carbonyl (C=O) groups is 1. The molecule has 2 aromatic heterocycles. The molecule has 0 N–H and O–H groups in total. The Bertz CT molecular complexity index is 899. The van der Waals surface area contributed by atoms with Gasteiger partial charge in [-0.1, -0.05) is 35.5 Å². The second kappa shape index (κ2) is 7.07. The average molecular weight is 348 g/mol. The number of carbonyl (C=O) groups excluding carboxylic acids is 1. The van der Waals surface area contributed by atoms with Crippen LogP contribution in [0.3, 0.4) is 0 Å². The molecule has 6 heteroatoms. The summed E-state index contributed by atoms with van der Waals surface area (Å²) in [6.07, 6.45) is 5.09. The predicted octanol–water partition coefficient (Wildman–Crippen LogP) is 3.46. The molecule has 6 nitrogen and oxygen atoms in total. The summed E-state index contributed by atoms with van der Waals surface area (Å²) in [4.78, 5) is 23.3. The zero-order valence-electron chi connectivity index (χ0n) is 14.6. The fourth-order valence-electron chi connectivity index (χ4n) is 3.34. The van der Waals surface area contributed by atoms with Crippen LogP contribution in [0.1, 0.15) is 40.8 Å². The third kappa shape index (κ3) is 3.35. The largest absolute Gasteiger partial charge is 0.339 e. The second-order valence-corrected chi connectivity index (χ2v) is 6.57. The van der Waals surface area contributed by atoms with E-state index in [1.165, 1.54) is 0 Å². The number of aromatic nitrogens is 3. The molecule has 0 bridgehead atoms. The fraction of sp³-hybridized carbons (Fsp3) is 0.300. The first-order valence-corrected chi connectivity index (χ1v) is 8.80. The van der Waals surface area contributed by atoms with Crippen molar-refractivity contribution in [3.63, 3.8) is 0 Å². The first kappa shape index (κ1) is 16.4. The summed E-state index contributed by atoms with van der Waals surface area (Å²) < 4.78 is 5.27. The summed E-state index contributed by atoms with van der Waals surface area (Å²) in [5.41, 5.74) is 2.63. The molecule has 0 saturated carbocycles. The number of likely N-dealkylation sites (tertiary alicyclic amines) is 1. The summed E-state index contributed by atoms with van der Waals surface area (Å²) in [7, 11) is 0. The summed E-state index contributed by atoms with van der Waals surface area (Å²) in [6.45, 7) is 3.18. The second-order valence-electron chi connectivity index (χ2n) is 6.57. The molecule has 0 unspecified atom stereocenters. The summed E-state index contributed by atoms with van der Waals surface area (Å²) in [6, 6.07) is 11.9. The number of aryl methyl sites for hydroxylation is 1. The molecule has 1 aliphatic heterocycles. The van der Waals surface area contributed by atoms with Crippen molar-refractivity contribution < 1.29 is 9.32 Å². The molecule has 1 fully saturated rings. The molecule has 1 amide bonds. The molecule has 3 heterocycles. The quantitative estimate of drug-likeness (QED) is 0.725. The van der Waals surface area contributed by atoms with Crippen LogP contribution < -0.4 is 0 Å². The Labute approximate surface area is 151 Å². The van der Waals surface area contributed by atoms with E-state index < -0.39 is 0 Å². The molecular formula is C20H20N4O2. The number of benzene rings is 1. The predicted molar refractivity (Wildman–Crippen MR) is 96.6 cm³/mol. The highest BCUT2D eigenvalue weighted by Gasteiger charge is 2.27. The molecule has 1 saturated heterocycles. The molecule has 26 heavy (non-hydrogen) atoms. The Morgan fingerprint density at radius 3 is 2.58 bits per heavy atom. The van der Waals surface area contributed by atoms with Crippen LogP contribution in [-0.4, -0.2) is 39.0 Å². The lowest BCUT2D eigenvalue weighted by molar-refractivity contribution is 0.0704. The highest BCUT2D eigenvalue weighted by atomic mass is 16.5. The van der Waals surface area contributed by atoms with E-state index in [1.807, 2.05) is 48.2 Å². The lowest BCUT2D eigenvalue weighted by Gasteiger charge is -2.30. The molecule has 1 aliphatic rings. The van der Waals surface area contributed by atoms with E-state index in [0.29, 0.717) is 30.4 Å². The van der Waals surface area contributed by atoms with Gasteiger partial charge in [-0.2, -0.15) is 4.98 Å². The fourth-order valence-corrected chi connectivity index (χ4v) is 3.34. The Morgan fingerprint density at radius 2 is 1.88 bits per heavy atom. The van der Waals surface area contributed by atoms with Crippen molar-refractivity contribution in [1.29, 1.82) is 0 Å². The van der Waals surface area contributed by atoms with E-state index >= 15 is 0 Å². The van der Waals surface area contributed by atoms with Gasteiger partial charge in [0.2, 0.25) is 5.89 Å². The topological polar surface area (TPSA) is 72.1 Å². The third-order valence-corrected chi connectivity index (χ3v) is 4.77. The van der Waals surface area contributed by atoms with Gasteiger partial charge in [-0.3, -0.25) is 9.78 Å². The number of hydrogen-bond acceptors (Lipinski definition) is 5. The maximum absolute atomic E-state index is 12.9. The van der Waals surface area contributed by atoms with Crippen molar-refractivity contribution in [2.24, 2.45) is 0 Å². The van der Waals surface area contributed by atoms with Crippen LogP contribution in [0, 0.1) is 6.92 Å². The SMILES string of the molecule is Cc1noc(C2CCN(C(=O)c3cncc(-c4ccccc4)c3)CC2)n1. The van der Waals surface area contributed by atoms with Crippen LogP contribution in [-0.2, 0) is 0 Å². The standard InChI is InChI=1S/C20H20N4O2/c1-14-22-19(26-23-14)16-7-9-24(10-8-16)20(25)18-11-17(12-21-13-18)15-5-3-2-4-6-15/h2-6,11-13,16H,7-10H2,1H3. The Morgan fingerprint density at radius 1 is 1.12 bits per heavy atom. The van der Waals surface area contributed by atoms with E-state index in [-0.39, 0.29) is 11.8 Å².